The van der Waals surface area contributed by atoms with Gasteiger partial charge in [-0.1, -0.05) is 0 Å². The van der Waals surface area contributed by atoms with Gasteiger partial charge in [0.1, 0.15) is 11.6 Å². The number of benzene rings is 1. The minimum absolute atomic E-state index is 0.163. The molecular formula is C16H16FN3. The predicted molar refractivity (Wildman–Crippen MR) is 77.2 cm³/mol. The van der Waals surface area contributed by atoms with Gasteiger partial charge < -0.3 is 9.13 Å². The summed E-state index contributed by atoms with van der Waals surface area (Å²) in [6, 6.07) is 5.10. The zero-order valence-electron chi connectivity index (χ0n) is 11.7. The molecule has 20 heavy (non-hydrogen) atoms. The molecule has 0 atom stereocenters. The lowest BCUT2D eigenvalue weighted by Crippen LogP contribution is -2.13. The van der Waals surface area contributed by atoms with Crippen LogP contribution >= 0.6 is 0 Å². The fourth-order valence-electron chi connectivity index (χ4n) is 3.43. The van der Waals surface area contributed by atoms with Crippen LogP contribution in [-0.4, -0.2) is 14.1 Å². The molecule has 0 aliphatic carbocycles. The van der Waals surface area contributed by atoms with Gasteiger partial charge in [0.25, 0.3) is 0 Å². The van der Waals surface area contributed by atoms with E-state index in [4.69, 9.17) is 0 Å². The van der Waals surface area contributed by atoms with E-state index >= 15 is 0 Å². The number of rotatable bonds is 1. The topological polar surface area (TPSA) is 22.8 Å². The highest BCUT2D eigenvalue weighted by Crippen LogP contribution is 2.38. The Labute approximate surface area is 116 Å². The summed E-state index contributed by atoms with van der Waals surface area (Å²) in [5.41, 5.74) is 4.74. The molecule has 0 spiro atoms. The van der Waals surface area contributed by atoms with Gasteiger partial charge in [0.2, 0.25) is 0 Å². The van der Waals surface area contributed by atoms with E-state index in [1.165, 1.54) is 11.3 Å². The van der Waals surface area contributed by atoms with Gasteiger partial charge in [0, 0.05) is 24.0 Å². The lowest BCUT2D eigenvalue weighted by Gasteiger charge is -2.19. The molecule has 1 aliphatic heterocycles. The van der Waals surface area contributed by atoms with Crippen molar-refractivity contribution in [2.45, 2.75) is 33.4 Å². The molecule has 0 saturated carbocycles. The van der Waals surface area contributed by atoms with Crippen molar-refractivity contribution < 1.29 is 4.39 Å². The summed E-state index contributed by atoms with van der Waals surface area (Å²) in [7, 11) is 0. The fraction of sp³-hybridized carbons (Fsp3) is 0.312. The highest BCUT2D eigenvalue weighted by atomic mass is 19.1. The van der Waals surface area contributed by atoms with Crippen LogP contribution in [0, 0.1) is 12.7 Å². The number of halogens is 1. The number of fused-ring (bicyclic) bond motifs is 5. The molecule has 0 saturated heterocycles. The first-order valence-corrected chi connectivity index (χ1v) is 7.04. The number of nitrogens with zero attached hydrogens (tertiary/aromatic N) is 3. The highest BCUT2D eigenvalue weighted by molar-refractivity contribution is 5.92. The minimum atomic E-state index is -0.163. The third-order valence-electron chi connectivity index (χ3n) is 4.33. The van der Waals surface area contributed by atoms with Gasteiger partial charge in [0.05, 0.1) is 17.6 Å². The summed E-state index contributed by atoms with van der Waals surface area (Å²) in [6.07, 6.45) is 2.88. The van der Waals surface area contributed by atoms with Crippen LogP contribution in [0.25, 0.3) is 22.3 Å². The molecule has 3 nitrogen and oxygen atoms in total. The smallest absolute Gasteiger partial charge is 0.123 e. The van der Waals surface area contributed by atoms with Gasteiger partial charge in [-0.3, -0.25) is 0 Å². The Hall–Kier alpha value is -2.10. The van der Waals surface area contributed by atoms with E-state index in [9.17, 15) is 4.39 Å². The number of hydrogen-bond acceptors (Lipinski definition) is 1. The first-order chi connectivity index (χ1) is 9.70. The van der Waals surface area contributed by atoms with Crippen molar-refractivity contribution in [2.75, 3.05) is 0 Å². The molecule has 4 rings (SSSR count). The molecule has 3 aromatic rings. The molecule has 3 heterocycles. The highest BCUT2D eigenvalue weighted by Gasteiger charge is 2.25. The zero-order valence-corrected chi connectivity index (χ0v) is 11.7. The normalized spacial score (nSPS) is 13.6. The Bertz CT molecular complexity index is 826. The molecule has 4 heteroatoms. The molecule has 0 bridgehead atoms. The Balaban J connectivity index is 2.14. The second-order valence-electron chi connectivity index (χ2n) is 5.33. The Morgan fingerprint density at radius 3 is 3.00 bits per heavy atom. The average molecular weight is 269 g/mol. The van der Waals surface area contributed by atoms with Crippen molar-refractivity contribution in [1.82, 2.24) is 14.1 Å². The van der Waals surface area contributed by atoms with Crippen LogP contribution in [0.1, 0.15) is 18.3 Å². The molecule has 0 fully saturated rings. The van der Waals surface area contributed by atoms with Crippen LogP contribution in [0.3, 0.4) is 0 Å². The van der Waals surface area contributed by atoms with E-state index in [1.807, 2.05) is 19.2 Å². The molecule has 2 aromatic heterocycles. The van der Waals surface area contributed by atoms with E-state index in [-0.39, 0.29) is 5.82 Å². The van der Waals surface area contributed by atoms with Crippen molar-refractivity contribution in [1.29, 1.82) is 0 Å². The van der Waals surface area contributed by atoms with Gasteiger partial charge in [-0.2, -0.15) is 0 Å². The maximum atomic E-state index is 13.6. The van der Waals surface area contributed by atoms with Gasteiger partial charge in [0.15, 0.2) is 0 Å². The third kappa shape index (κ3) is 1.36. The Kier molecular flexibility index (Phi) is 2.31. The monoisotopic (exact) mass is 269 g/mol. The van der Waals surface area contributed by atoms with E-state index < -0.39 is 0 Å². The first-order valence-electron chi connectivity index (χ1n) is 7.04. The predicted octanol–water partition coefficient (Wildman–Crippen LogP) is 3.53. The lowest BCUT2D eigenvalue weighted by molar-refractivity contribution is 0.629. The maximum absolute atomic E-state index is 13.6. The molecule has 0 amide bonds. The van der Waals surface area contributed by atoms with Crippen molar-refractivity contribution in [3.05, 3.63) is 41.6 Å². The largest absolute Gasteiger partial charge is 0.339 e. The van der Waals surface area contributed by atoms with Gasteiger partial charge in [-0.25, -0.2) is 9.37 Å². The fourth-order valence-corrected chi connectivity index (χ4v) is 3.43. The number of imidazole rings is 1. The summed E-state index contributed by atoms with van der Waals surface area (Å²) in [5, 5.41) is 1.05. The molecule has 1 aliphatic rings. The van der Waals surface area contributed by atoms with Crippen LogP contribution in [0.5, 0.6) is 0 Å². The molecule has 0 radical (unpaired) electrons. The van der Waals surface area contributed by atoms with Gasteiger partial charge in [-0.05, 0) is 44.0 Å². The Morgan fingerprint density at radius 2 is 2.20 bits per heavy atom. The number of aromatic nitrogens is 3. The molecule has 102 valence electrons. The van der Waals surface area contributed by atoms with Crippen LogP contribution in [0.2, 0.25) is 0 Å². The van der Waals surface area contributed by atoms with Crippen molar-refractivity contribution >= 4 is 10.9 Å². The van der Waals surface area contributed by atoms with Crippen LogP contribution in [-0.2, 0) is 19.5 Å². The summed E-state index contributed by atoms with van der Waals surface area (Å²) in [5.74, 6) is 0.883. The van der Waals surface area contributed by atoms with Crippen molar-refractivity contribution in [3.63, 3.8) is 0 Å². The van der Waals surface area contributed by atoms with Crippen LogP contribution in [0.15, 0.2) is 24.4 Å². The lowest BCUT2D eigenvalue weighted by atomic mass is 10.0. The van der Waals surface area contributed by atoms with E-state index in [2.05, 4.69) is 21.0 Å². The summed E-state index contributed by atoms with van der Waals surface area (Å²) in [4.78, 5) is 4.44. The zero-order chi connectivity index (χ0) is 13.9. The molecule has 1 aromatic carbocycles. The summed E-state index contributed by atoms with van der Waals surface area (Å²) < 4.78 is 18.1. The number of aryl methyl sites for hydroxylation is 3. The summed E-state index contributed by atoms with van der Waals surface area (Å²) >= 11 is 0. The average Bonchev–Trinajstić information content (AvgIpc) is 2.97. The second kappa shape index (κ2) is 3.95. The van der Waals surface area contributed by atoms with Crippen molar-refractivity contribution in [2.24, 2.45) is 0 Å². The minimum Gasteiger partial charge on any atom is -0.339 e. The molecule has 0 N–H and O–H groups in total. The van der Waals surface area contributed by atoms with E-state index in [0.717, 1.165) is 41.9 Å². The SMILES string of the molecule is CCn1c2c(c3cc(F)ccc31)CCn1c-2cnc1C. The molecule has 0 unspecified atom stereocenters. The third-order valence-corrected chi connectivity index (χ3v) is 4.33. The quantitative estimate of drug-likeness (QED) is 0.662. The standard InChI is InChI=1S/C16H16FN3/c1-3-19-14-5-4-11(17)8-13(14)12-6-7-20-10(2)18-9-15(20)16(12)19/h4-5,8-9H,3,6-7H2,1-2H3. The van der Waals surface area contributed by atoms with Crippen LogP contribution in [0.4, 0.5) is 4.39 Å². The summed E-state index contributed by atoms with van der Waals surface area (Å²) in [6.45, 7) is 5.97. The maximum Gasteiger partial charge on any atom is 0.123 e. The van der Waals surface area contributed by atoms with Gasteiger partial charge >= 0.3 is 0 Å². The Morgan fingerprint density at radius 1 is 1.35 bits per heavy atom. The van der Waals surface area contributed by atoms with E-state index in [0.29, 0.717) is 0 Å². The van der Waals surface area contributed by atoms with Gasteiger partial charge in [-0.15, -0.1) is 0 Å². The van der Waals surface area contributed by atoms with E-state index in [1.54, 1.807) is 12.1 Å². The second-order valence-corrected chi connectivity index (χ2v) is 5.33. The number of hydrogen-bond donors (Lipinski definition) is 0. The van der Waals surface area contributed by atoms with Crippen LogP contribution < -0.4 is 0 Å². The first kappa shape index (κ1) is 11.7. The molecular weight excluding hydrogens is 253 g/mol. The van der Waals surface area contributed by atoms with Crippen molar-refractivity contribution in [3.8, 4) is 11.4 Å².